The molecule has 7 heteroatoms. The number of fused-ring (bicyclic) bond motifs is 1. The molecule has 2 aliphatic heterocycles. The van der Waals surface area contributed by atoms with Gasteiger partial charge < -0.3 is 20.7 Å². The first-order valence-corrected chi connectivity index (χ1v) is 7.66. The summed E-state index contributed by atoms with van der Waals surface area (Å²) in [5.74, 6) is 0.935. The first-order chi connectivity index (χ1) is 10.6. The van der Waals surface area contributed by atoms with Crippen molar-refractivity contribution >= 4 is 29.9 Å². The summed E-state index contributed by atoms with van der Waals surface area (Å²) in [5.41, 5.74) is 7.01. The average molecular weight is 340 g/mol. The molecule has 2 atom stereocenters. The largest absolute Gasteiger partial charge is 0.482 e. The van der Waals surface area contributed by atoms with E-state index < -0.39 is 0 Å². The van der Waals surface area contributed by atoms with Crippen LogP contribution in [0.2, 0.25) is 0 Å². The second kappa shape index (κ2) is 7.19. The molecular formula is C16H22ClN3O3. The lowest BCUT2D eigenvalue weighted by molar-refractivity contribution is -0.118. The van der Waals surface area contributed by atoms with E-state index in [2.05, 4.69) is 12.2 Å². The summed E-state index contributed by atoms with van der Waals surface area (Å²) in [6.07, 6.45) is 1.94. The molecule has 2 aliphatic rings. The van der Waals surface area contributed by atoms with E-state index in [4.69, 9.17) is 10.5 Å². The second-order valence-corrected chi connectivity index (χ2v) is 6.07. The number of likely N-dealkylation sites (tertiary alicyclic amines) is 1. The molecule has 0 aliphatic carbocycles. The normalized spacial score (nSPS) is 23.2. The van der Waals surface area contributed by atoms with E-state index in [9.17, 15) is 9.59 Å². The minimum absolute atomic E-state index is 0. The molecule has 0 aromatic heterocycles. The molecule has 0 radical (unpaired) electrons. The summed E-state index contributed by atoms with van der Waals surface area (Å²) >= 11 is 0. The number of amides is 2. The molecule has 23 heavy (non-hydrogen) atoms. The van der Waals surface area contributed by atoms with Crippen molar-refractivity contribution in [2.24, 2.45) is 11.7 Å². The number of nitrogens with zero attached hydrogens (tertiary/aromatic N) is 1. The fourth-order valence-corrected chi connectivity index (χ4v) is 3.12. The summed E-state index contributed by atoms with van der Waals surface area (Å²) in [6.45, 7) is 3.39. The van der Waals surface area contributed by atoms with Gasteiger partial charge in [-0.1, -0.05) is 6.92 Å². The molecular weight excluding hydrogens is 318 g/mol. The Morgan fingerprint density at radius 1 is 1.48 bits per heavy atom. The first-order valence-electron chi connectivity index (χ1n) is 7.66. The maximum absolute atomic E-state index is 12.8. The molecule has 0 bridgehead atoms. The Morgan fingerprint density at radius 3 is 3.00 bits per heavy atom. The minimum atomic E-state index is -0.181. The highest BCUT2D eigenvalue weighted by Gasteiger charge is 2.30. The Balaban J connectivity index is 0.00000192. The summed E-state index contributed by atoms with van der Waals surface area (Å²) in [4.78, 5) is 25.9. The zero-order valence-corrected chi connectivity index (χ0v) is 13.9. The van der Waals surface area contributed by atoms with E-state index in [0.717, 1.165) is 19.4 Å². The van der Waals surface area contributed by atoms with Crippen molar-refractivity contribution in [2.45, 2.75) is 25.8 Å². The van der Waals surface area contributed by atoms with Gasteiger partial charge in [-0.15, -0.1) is 12.4 Å². The highest BCUT2D eigenvalue weighted by atomic mass is 35.5. The predicted molar refractivity (Wildman–Crippen MR) is 90.1 cm³/mol. The fourth-order valence-electron chi connectivity index (χ4n) is 3.12. The Labute approximate surface area is 141 Å². The van der Waals surface area contributed by atoms with E-state index >= 15 is 0 Å². The Bertz CT molecular complexity index is 608. The lowest BCUT2D eigenvalue weighted by Crippen LogP contribution is -2.49. The van der Waals surface area contributed by atoms with Gasteiger partial charge in [-0.3, -0.25) is 9.59 Å². The zero-order valence-electron chi connectivity index (χ0n) is 13.1. The Kier molecular flexibility index (Phi) is 5.49. The smallest absolute Gasteiger partial charge is 0.262 e. The quantitative estimate of drug-likeness (QED) is 0.857. The molecule has 1 fully saturated rings. The molecule has 1 aromatic rings. The lowest BCUT2D eigenvalue weighted by Gasteiger charge is -2.38. The number of nitrogens with two attached hydrogens (primary N) is 1. The number of halogens is 1. The van der Waals surface area contributed by atoms with Crippen LogP contribution in [0.3, 0.4) is 0 Å². The second-order valence-electron chi connectivity index (χ2n) is 6.07. The molecule has 0 spiro atoms. The van der Waals surface area contributed by atoms with Crippen LogP contribution in [0, 0.1) is 5.92 Å². The van der Waals surface area contributed by atoms with E-state index in [1.807, 2.05) is 4.90 Å². The highest BCUT2D eigenvalue weighted by Crippen LogP contribution is 2.30. The number of piperidine rings is 1. The fraction of sp³-hybridized carbons (Fsp3) is 0.500. The van der Waals surface area contributed by atoms with Crippen molar-refractivity contribution in [3.05, 3.63) is 23.8 Å². The number of benzene rings is 1. The van der Waals surface area contributed by atoms with Crippen LogP contribution in [0.4, 0.5) is 5.69 Å². The van der Waals surface area contributed by atoms with Gasteiger partial charge in [-0.25, -0.2) is 0 Å². The third kappa shape index (κ3) is 3.59. The van der Waals surface area contributed by atoms with E-state index in [1.54, 1.807) is 18.2 Å². The van der Waals surface area contributed by atoms with Crippen LogP contribution in [-0.4, -0.2) is 42.5 Å². The van der Waals surface area contributed by atoms with Crippen LogP contribution in [0.25, 0.3) is 0 Å². The van der Waals surface area contributed by atoms with Crippen molar-refractivity contribution in [1.82, 2.24) is 4.90 Å². The zero-order chi connectivity index (χ0) is 15.7. The van der Waals surface area contributed by atoms with Crippen LogP contribution < -0.4 is 15.8 Å². The van der Waals surface area contributed by atoms with E-state index in [0.29, 0.717) is 29.5 Å². The molecule has 6 nitrogen and oxygen atoms in total. The summed E-state index contributed by atoms with van der Waals surface area (Å²) in [5, 5.41) is 2.72. The Morgan fingerprint density at radius 2 is 2.26 bits per heavy atom. The molecule has 0 saturated carbocycles. The van der Waals surface area contributed by atoms with Crippen LogP contribution in [0.15, 0.2) is 18.2 Å². The molecule has 3 rings (SSSR count). The van der Waals surface area contributed by atoms with Gasteiger partial charge in [0.15, 0.2) is 6.61 Å². The molecule has 1 aromatic carbocycles. The van der Waals surface area contributed by atoms with Gasteiger partial charge in [0.05, 0.1) is 5.69 Å². The van der Waals surface area contributed by atoms with Crippen LogP contribution in [0.5, 0.6) is 5.75 Å². The predicted octanol–water partition coefficient (Wildman–Crippen LogP) is 1.64. The summed E-state index contributed by atoms with van der Waals surface area (Å²) in [6, 6.07) is 5.22. The lowest BCUT2D eigenvalue weighted by atomic mass is 9.92. The third-order valence-corrected chi connectivity index (χ3v) is 4.37. The number of carbonyl (C=O) groups excluding carboxylic acids is 2. The number of carbonyl (C=O) groups is 2. The average Bonchev–Trinajstić information content (AvgIpc) is 2.53. The molecule has 2 unspecified atom stereocenters. The summed E-state index contributed by atoms with van der Waals surface area (Å²) in [7, 11) is 0. The van der Waals surface area contributed by atoms with Crippen LogP contribution in [0.1, 0.15) is 30.1 Å². The monoisotopic (exact) mass is 339 g/mol. The van der Waals surface area contributed by atoms with Gasteiger partial charge in [0.25, 0.3) is 11.8 Å². The first kappa shape index (κ1) is 17.6. The highest BCUT2D eigenvalue weighted by molar-refractivity contribution is 5.99. The maximum atomic E-state index is 12.8. The third-order valence-electron chi connectivity index (χ3n) is 4.37. The van der Waals surface area contributed by atoms with Gasteiger partial charge in [-0.2, -0.15) is 0 Å². The van der Waals surface area contributed by atoms with Gasteiger partial charge in [-0.05, 0) is 37.0 Å². The van der Waals surface area contributed by atoms with Crippen molar-refractivity contribution in [1.29, 1.82) is 0 Å². The number of hydrogen-bond donors (Lipinski definition) is 2. The van der Waals surface area contributed by atoms with Crippen LogP contribution in [-0.2, 0) is 4.79 Å². The van der Waals surface area contributed by atoms with Crippen molar-refractivity contribution in [2.75, 3.05) is 25.0 Å². The number of ether oxygens (including phenoxy) is 1. The molecule has 1 saturated heterocycles. The molecule has 3 N–H and O–H groups in total. The molecule has 2 heterocycles. The molecule has 126 valence electrons. The number of nitrogens with one attached hydrogen (secondary N) is 1. The van der Waals surface area contributed by atoms with Gasteiger partial charge in [0, 0.05) is 24.7 Å². The van der Waals surface area contributed by atoms with Crippen molar-refractivity contribution < 1.29 is 14.3 Å². The number of hydrogen-bond acceptors (Lipinski definition) is 4. The molecule has 2 amide bonds. The maximum Gasteiger partial charge on any atom is 0.262 e. The standard InChI is InChI=1S/C16H21N3O3.ClH/c1-10-4-5-19(12(6-10)8-17)16(21)11-2-3-13-14(7-11)22-9-15(20)18-13;/h2-3,7,10,12H,4-6,8-9,17H2,1H3,(H,18,20);1H. The van der Waals surface area contributed by atoms with Crippen molar-refractivity contribution in [3.8, 4) is 5.75 Å². The number of rotatable bonds is 2. The van der Waals surface area contributed by atoms with E-state index in [1.165, 1.54) is 0 Å². The van der Waals surface area contributed by atoms with Gasteiger partial charge in [0.2, 0.25) is 0 Å². The number of anilines is 1. The van der Waals surface area contributed by atoms with Crippen LogP contribution >= 0.6 is 12.4 Å². The SMILES string of the molecule is CC1CCN(C(=O)c2ccc3c(c2)OCC(=O)N3)C(CN)C1.Cl. The van der Waals surface area contributed by atoms with E-state index in [-0.39, 0.29) is 36.9 Å². The summed E-state index contributed by atoms with van der Waals surface area (Å²) < 4.78 is 5.38. The van der Waals surface area contributed by atoms with Crippen molar-refractivity contribution in [3.63, 3.8) is 0 Å². The minimum Gasteiger partial charge on any atom is -0.482 e. The van der Waals surface area contributed by atoms with Gasteiger partial charge in [0.1, 0.15) is 5.75 Å². The topological polar surface area (TPSA) is 84.7 Å². The van der Waals surface area contributed by atoms with Gasteiger partial charge >= 0.3 is 0 Å². The Hall–Kier alpha value is -1.79.